The van der Waals surface area contributed by atoms with E-state index >= 15 is 0 Å². The summed E-state index contributed by atoms with van der Waals surface area (Å²) in [7, 11) is 1.42. The Balaban J connectivity index is 0.000000412. The van der Waals surface area contributed by atoms with E-state index in [0.717, 1.165) is 18.5 Å². The number of benzene rings is 1. The summed E-state index contributed by atoms with van der Waals surface area (Å²) in [4.78, 5) is 62.6. The largest absolute Gasteiger partial charge is 0.481 e. The number of carbonyl (C=O) groups is 5. The van der Waals surface area contributed by atoms with Crippen molar-refractivity contribution in [2.75, 3.05) is 20.3 Å². The molecule has 2 aliphatic rings. The molecule has 3 rings (SSSR count). The van der Waals surface area contributed by atoms with Crippen molar-refractivity contribution in [2.24, 2.45) is 34.0 Å². The van der Waals surface area contributed by atoms with Crippen LogP contribution in [0.2, 0.25) is 0 Å². The molecule has 2 heterocycles. The van der Waals surface area contributed by atoms with E-state index in [0.29, 0.717) is 23.5 Å². The highest BCUT2D eigenvalue weighted by atomic mass is 32.2. The Hall–Kier alpha value is -3.50. The molecule has 15 heteroatoms. The number of esters is 4. The zero-order valence-corrected chi connectivity index (χ0v) is 31.5. The second-order valence-corrected chi connectivity index (χ2v) is 14.2. The van der Waals surface area contributed by atoms with Crippen molar-refractivity contribution in [3.05, 3.63) is 36.4 Å². The van der Waals surface area contributed by atoms with Crippen molar-refractivity contribution in [2.45, 2.75) is 98.7 Å². The summed E-state index contributed by atoms with van der Waals surface area (Å²) >= 11 is 0.883. The van der Waals surface area contributed by atoms with Gasteiger partial charge in [-0.15, -0.1) is 9.32 Å². The fourth-order valence-corrected chi connectivity index (χ4v) is 4.50. The standard InChI is InChI=1S/C16H22O7.C12H17NO4S.C7H14O2/c1-4-16(2,3)15(20)22-8-7-21-14(19)12-10-6-5-9(23-10)11(12)13(17)18;1-4-12(2,3)11(14)15-9-7-5-6-8-10(9)18-17-16-13;1-5-7(2,3)6(8)9-4/h5-6,9-12H,4,7-8H2,1-3H3,(H,17,18);5-8H,4,13H2,1-3H3;5H2,1-4H3. The van der Waals surface area contributed by atoms with Crippen molar-refractivity contribution in [1.82, 2.24) is 0 Å². The van der Waals surface area contributed by atoms with Gasteiger partial charge >= 0.3 is 29.8 Å². The molecule has 0 radical (unpaired) electrons. The van der Waals surface area contributed by atoms with Gasteiger partial charge in [-0.2, -0.15) is 5.90 Å². The van der Waals surface area contributed by atoms with Crippen LogP contribution in [0.4, 0.5) is 0 Å². The number of carboxylic acid groups (broad SMARTS) is 1. The van der Waals surface area contributed by atoms with Crippen LogP contribution >= 0.6 is 12.0 Å². The number of hydrogen-bond donors (Lipinski definition) is 2. The molecule has 1 fully saturated rings. The number of carbonyl (C=O) groups excluding carboxylic acids is 4. The van der Waals surface area contributed by atoms with E-state index in [-0.39, 0.29) is 36.5 Å². The molecule has 14 nitrogen and oxygen atoms in total. The van der Waals surface area contributed by atoms with Crippen LogP contribution in [0, 0.1) is 28.1 Å². The van der Waals surface area contributed by atoms with Gasteiger partial charge in [0.2, 0.25) is 0 Å². The minimum Gasteiger partial charge on any atom is -0.481 e. The van der Waals surface area contributed by atoms with E-state index in [1.165, 1.54) is 7.11 Å². The second kappa shape index (κ2) is 20.4. The van der Waals surface area contributed by atoms with Gasteiger partial charge in [-0.05, 0) is 72.9 Å². The first kappa shape index (κ1) is 44.5. The lowest BCUT2D eigenvalue weighted by Crippen LogP contribution is -2.37. The molecule has 0 aliphatic carbocycles. The van der Waals surface area contributed by atoms with E-state index in [2.05, 4.69) is 14.1 Å². The third-order valence-electron chi connectivity index (χ3n) is 8.73. The summed E-state index contributed by atoms with van der Waals surface area (Å²) in [6.45, 7) is 16.6. The maximum absolute atomic E-state index is 12.1. The number of aliphatic carboxylic acids is 1. The zero-order valence-electron chi connectivity index (χ0n) is 30.6. The van der Waals surface area contributed by atoms with Crippen LogP contribution in [0.3, 0.4) is 0 Å². The molecule has 50 heavy (non-hydrogen) atoms. The normalized spacial score (nSPS) is 19.3. The van der Waals surface area contributed by atoms with E-state index < -0.39 is 46.8 Å². The Morgan fingerprint density at radius 2 is 1.28 bits per heavy atom. The van der Waals surface area contributed by atoms with Crippen LogP contribution in [-0.2, 0) is 52.2 Å². The lowest BCUT2D eigenvalue weighted by atomic mass is 9.83. The first-order valence-electron chi connectivity index (χ1n) is 16.3. The molecule has 0 spiro atoms. The molecule has 1 aromatic carbocycles. The van der Waals surface area contributed by atoms with Gasteiger partial charge in [0.15, 0.2) is 0 Å². The smallest absolute Gasteiger partial charge is 0.316 e. The zero-order chi connectivity index (χ0) is 38.3. The number of hydrogen-bond acceptors (Lipinski definition) is 14. The van der Waals surface area contributed by atoms with E-state index in [1.54, 1.807) is 50.3 Å². The summed E-state index contributed by atoms with van der Waals surface area (Å²) in [6.07, 6.45) is 4.35. The summed E-state index contributed by atoms with van der Waals surface area (Å²) < 4.78 is 30.0. The predicted octanol–water partition coefficient (Wildman–Crippen LogP) is 5.62. The van der Waals surface area contributed by atoms with E-state index in [9.17, 15) is 29.1 Å². The minimum atomic E-state index is -1.08. The minimum absolute atomic E-state index is 0.0523. The Morgan fingerprint density at radius 3 is 1.78 bits per heavy atom. The summed E-state index contributed by atoms with van der Waals surface area (Å²) in [5, 5.41) is 9.22. The monoisotopic (exact) mass is 727 g/mol. The van der Waals surface area contributed by atoms with Crippen LogP contribution < -0.4 is 10.6 Å². The Bertz CT molecular complexity index is 1330. The van der Waals surface area contributed by atoms with E-state index in [4.69, 9.17) is 24.8 Å². The quantitative estimate of drug-likeness (QED) is 0.0330. The molecule has 3 N–H and O–H groups in total. The Kier molecular flexibility index (Phi) is 18.1. The van der Waals surface area contributed by atoms with Gasteiger partial charge in [-0.25, -0.2) is 0 Å². The molecule has 0 saturated carbocycles. The lowest BCUT2D eigenvalue weighted by Gasteiger charge is -2.21. The van der Waals surface area contributed by atoms with Crippen LogP contribution in [0.5, 0.6) is 5.75 Å². The highest BCUT2D eigenvalue weighted by Gasteiger charge is 2.54. The number of rotatable bonds is 15. The lowest BCUT2D eigenvalue weighted by molar-refractivity contribution is -0.195. The first-order valence-corrected chi connectivity index (χ1v) is 17.1. The molecule has 1 aromatic rings. The number of carboxylic acids is 1. The van der Waals surface area contributed by atoms with Gasteiger partial charge < -0.3 is 28.8 Å². The van der Waals surface area contributed by atoms with Gasteiger partial charge in [0, 0.05) is 0 Å². The van der Waals surface area contributed by atoms with Gasteiger partial charge in [0.25, 0.3) is 0 Å². The highest BCUT2D eigenvalue weighted by Crippen LogP contribution is 2.40. The number of fused-ring (bicyclic) bond motifs is 2. The van der Waals surface area contributed by atoms with Gasteiger partial charge in [-0.3, -0.25) is 24.0 Å². The van der Waals surface area contributed by atoms with Crippen molar-refractivity contribution < 1.29 is 62.1 Å². The van der Waals surface area contributed by atoms with Crippen molar-refractivity contribution >= 4 is 41.9 Å². The SMILES string of the molecule is CCC(C)(C)C(=O)OC.CCC(C)(C)C(=O)OCCOC(=O)C1C2C=CC(O2)C1C(=O)O.CCC(C)(C)C(=O)Oc1ccccc1SOON. The molecule has 0 aromatic heterocycles. The van der Waals surface area contributed by atoms with Crippen molar-refractivity contribution in [3.8, 4) is 5.75 Å². The van der Waals surface area contributed by atoms with Gasteiger partial charge in [0.1, 0.15) is 30.8 Å². The van der Waals surface area contributed by atoms with Crippen LogP contribution in [0.1, 0.15) is 81.6 Å². The number of methoxy groups -OCH3 is 1. The predicted molar refractivity (Wildman–Crippen MR) is 183 cm³/mol. The number of nitrogens with two attached hydrogens (primary N) is 1. The second-order valence-electron chi connectivity index (χ2n) is 13.4. The molecular weight excluding hydrogens is 674 g/mol. The topological polar surface area (TPSA) is 196 Å². The molecule has 0 amide bonds. The first-order chi connectivity index (χ1) is 23.3. The molecule has 2 bridgehead atoms. The van der Waals surface area contributed by atoms with Crippen LogP contribution in [0.25, 0.3) is 0 Å². The molecule has 4 atom stereocenters. The van der Waals surface area contributed by atoms with Crippen LogP contribution in [0.15, 0.2) is 41.3 Å². The molecule has 4 unspecified atom stereocenters. The average molecular weight is 728 g/mol. The maximum Gasteiger partial charge on any atom is 0.316 e. The molecule has 282 valence electrons. The van der Waals surface area contributed by atoms with Gasteiger partial charge in [-0.1, -0.05) is 45.1 Å². The highest BCUT2D eigenvalue weighted by molar-refractivity contribution is 7.94. The number of para-hydroxylation sites is 1. The number of ether oxygens (including phenoxy) is 5. The average Bonchev–Trinajstić information content (AvgIpc) is 3.72. The Morgan fingerprint density at radius 1 is 0.780 bits per heavy atom. The summed E-state index contributed by atoms with van der Waals surface area (Å²) in [6, 6.07) is 7.00. The Labute approximate surface area is 298 Å². The summed E-state index contributed by atoms with van der Waals surface area (Å²) in [5.74, 6) is 0.904. The summed E-state index contributed by atoms with van der Waals surface area (Å²) in [5.41, 5.74) is -1.42. The van der Waals surface area contributed by atoms with Crippen LogP contribution in [-0.4, -0.2) is 67.5 Å². The maximum atomic E-state index is 12.1. The fraction of sp³-hybridized carbons (Fsp3) is 0.629. The fourth-order valence-electron chi connectivity index (χ4n) is 4.06. The third-order valence-corrected chi connectivity index (χ3v) is 9.39. The molecular formula is C35H53NO13S. The molecule has 1 saturated heterocycles. The van der Waals surface area contributed by atoms with E-state index in [1.807, 2.05) is 48.5 Å². The van der Waals surface area contributed by atoms with Gasteiger partial charge in [0.05, 0.1) is 52.5 Å². The van der Waals surface area contributed by atoms with Crippen molar-refractivity contribution in [1.29, 1.82) is 0 Å². The molecule has 2 aliphatic heterocycles. The third kappa shape index (κ3) is 13.0. The van der Waals surface area contributed by atoms with Crippen molar-refractivity contribution in [3.63, 3.8) is 0 Å².